The minimum atomic E-state index is 0.0703. The number of phenolic OH excluding ortho intramolecular Hbond substituents is 1. The summed E-state index contributed by atoms with van der Waals surface area (Å²) in [7, 11) is 1.61. The lowest BCUT2D eigenvalue weighted by Crippen LogP contribution is -2.00. The SMILES string of the molecule is COc1ccc(-c2cnnc(N/N=C/c3cc(Cl)ccc3O)n2)cc1. The number of hydrazone groups is 1. The molecule has 3 aromatic rings. The van der Waals surface area contributed by atoms with Gasteiger partial charge in [0.1, 0.15) is 11.5 Å². The fourth-order valence-corrected chi connectivity index (χ4v) is 2.22. The van der Waals surface area contributed by atoms with Crippen LogP contribution in [-0.2, 0) is 0 Å². The van der Waals surface area contributed by atoms with E-state index in [1.165, 1.54) is 12.3 Å². The van der Waals surface area contributed by atoms with Crippen LogP contribution in [0.2, 0.25) is 5.02 Å². The molecule has 0 amide bonds. The largest absolute Gasteiger partial charge is 0.507 e. The molecule has 0 radical (unpaired) electrons. The van der Waals surface area contributed by atoms with Crippen LogP contribution in [0.15, 0.2) is 53.8 Å². The smallest absolute Gasteiger partial charge is 0.263 e. The molecular formula is C17H14ClN5O2. The average Bonchev–Trinajstić information content (AvgIpc) is 2.65. The maximum Gasteiger partial charge on any atom is 0.263 e. The molecule has 2 N–H and O–H groups in total. The molecule has 7 nitrogen and oxygen atoms in total. The maximum absolute atomic E-state index is 9.74. The number of anilines is 1. The number of phenols is 1. The van der Waals surface area contributed by atoms with E-state index in [2.05, 4.69) is 25.7 Å². The maximum atomic E-state index is 9.74. The molecule has 0 saturated heterocycles. The molecule has 0 unspecified atom stereocenters. The van der Waals surface area contributed by atoms with E-state index in [-0.39, 0.29) is 11.7 Å². The molecule has 0 saturated carbocycles. The van der Waals surface area contributed by atoms with Crippen molar-refractivity contribution in [3.05, 3.63) is 59.2 Å². The Morgan fingerprint density at radius 2 is 2.00 bits per heavy atom. The number of rotatable bonds is 5. The van der Waals surface area contributed by atoms with E-state index >= 15 is 0 Å². The summed E-state index contributed by atoms with van der Waals surface area (Å²) in [6.45, 7) is 0. The van der Waals surface area contributed by atoms with Crippen LogP contribution in [0.5, 0.6) is 11.5 Å². The predicted molar refractivity (Wildman–Crippen MR) is 96.1 cm³/mol. The molecule has 126 valence electrons. The minimum absolute atomic E-state index is 0.0703. The van der Waals surface area contributed by atoms with E-state index in [1.807, 2.05) is 24.3 Å². The van der Waals surface area contributed by atoms with Gasteiger partial charge in [-0.05, 0) is 42.5 Å². The van der Waals surface area contributed by atoms with Gasteiger partial charge >= 0.3 is 0 Å². The summed E-state index contributed by atoms with van der Waals surface area (Å²) in [5.74, 6) is 1.06. The van der Waals surface area contributed by atoms with Crippen LogP contribution in [0.1, 0.15) is 5.56 Å². The lowest BCUT2D eigenvalue weighted by molar-refractivity contribution is 0.415. The number of nitrogens with one attached hydrogen (secondary N) is 1. The minimum Gasteiger partial charge on any atom is -0.507 e. The van der Waals surface area contributed by atoms with Gasteiger partial charge in [0, 0.05) is 16.1 Å². The van der Waals surface area contributed by atoms with Crippen molar-refractivity contribution in [2.45, 2.75) is 0 Å². The van der Waals surface area contributed by atoms with Gasteiger partial charge in [0.05, 0.1) is 25.2 Å². The molecule has 1 aromatic heterocycles. The van der Waals surface area contributed by atoms with Crippen molar-refractivity contribution in [2.75, 3.05) is 12.5 Å². The van der Waals surface area contributed by atoms with Gasteiger partial charge < -0.3 is 9.84 Å². The van der Waals surface area contributed by atoms with Crippen LogP contribution in [0.4, 0.5) is 5.95 Å². The van der Waals surface area contributed by atoms with Gasteiger partial charge in [-0.3, -0.25) is 0 Å². The highest BCUT2D eigenvalue weighted by Gasteiger charge is 2.04. The molecule has 0 aliphatic carbocycles. The Morgan fingerprint density at radius 1 is 1.20 bits per heavy atom. The standard InChI is InChI=1S/C17H14ClN5O2/c1-25-14-5-2-11(3-6-14)15-10-20-23-17(21-15)22-19-9-12-8-13(18)4-7-16(12)24/h2-10,24H,1H3,(H,21,22,23)/b19-9+. The van der Waals surface area contributed by atoms with Gasteiger partial charge in [0.2, 0.25) is 0 Å². The molecule has 8 heteroatoms. The molecule has 1 heterocycles. The van der Waals surface area contributed by atoms with Crippen molar-refractivity contribution in [1.29, 1.82) is 0 Å². The monoisotopic (exact) mass is 355 g/mol. The second-order valence-corrected chi connectivity index (χ2v) is 5.40. The number of ether oxygens (including phenoxy) is 1. The van der Waals surface area contributed by atoms with Gasteiger partial charge in [0.15, 0.2) is 0 Å². The van der Waals surface area contributed by atoms with Gasteiger partial charge in [-0.15, -0.1) is 5.10 Å². The first kappa shape index (κ1) is 16.7. The Bertz CT molecular complexity index is 900. The van der Waals surface area contributed by atoms with Gasteiger partial charge in [-0.1, -0.05) is 11.6 Å². The third-order valence-electron chi connectivity index (χ3n) is 3.30. The van der Waals surface area contributed by atoms with Crippen molar-refractivity contribution in [2.24, 2.45) is 5.10 Å². The number of methoxy groups -OCH3 is 1. The quantitative estimate of drug-likeness (QED) is 0.538. The normalized spacial score (nSPS) is 10.8. The van der Waals surface area contributed by atoms with Crippen LogP contribution < -0.4 is 10.2 Å². The van der Waals surface area contributed by atoms with Crippen molar-refractivity contribution < 1.29 is 9.84 Å². The Morgan fingerprint density at radius 3 is 2.76 bits per heavy atom. The summed E-state index contributed by atoms with van der Waals surface area (Å²) >= 11 is 5.89. The van der Waals surface area contributed by atoms with Gasteiger partial charge in [-0.2, -0.15) is 10.2 Å². The highest BCUT2D eigenvalue weighted by Crippen LogP contribution is 2.21. The summed E-state index contributed by atoms with van der Waals surface area (Å²) in [5, 5.41) is 22.0. The zero-order valence-corrected chi connectivity index (χ0v) is 14.0. The van der Waals surface area contributed by atoms with Crippen molar-refractivity contribution in [3.63, 3.8) is 0 Å². The fourth-order valence-electron chi connectivity index (χ4n) is 2.04. The molecule has 0 fully saturated rings. The van der Waals surface area contributed by atoms with Crippen molar-refractivity contribution in [1.82, 2.24) is 15.2 Å². The average molecular weight is 356 g/mol. The predicted octanol–water partition coefficient (Wildman–Crippen LogP) is 3.35. The molecule has 0 atom stereocenters. The van der Waals surface area contributed by atoms with Gasteiger partial charge in [0.25, 0.3) is 5.95 Å². The molecule has 0 bridgehead atoms. The third-order valence-corrected chi connectivity index (χ3v) is 3.54. The van der Waals surface area contributed by atoms with E-state index in [0.29, 0.717) is 16.3 Å². The summed E-state index contributed by atoms with van der Waals surface area (Å²) in [6.07, 6.45) is 2.98. The van der Waals surface area contributed by atoms with Crippen LogP contribution in [0.3, 0.4) is 0 Å². The van der Waals surface area contributed by atoms with E-state index in [1.54, 1.807) is 25.4 Å². The summed E-state index contributed by atoms with van der Waals surface area (Å²) in [4.78, 5) is 4.34. The first-order valence-corrected chi connectivity index (χ1v) is 7.65. The number of aromatic hydroxyl groups is 1. The summed E-state index contributed by atoms with van der Waals surface area (Å²) in [6, 6.07) is 12.1. The zero-order chi connectivity index (χ0) is 17.6. The number of hydrogen-bond donors (Lipinski definition) is 2. The van der Waals surface area contributed by atoms with E-state index in [4.69, 9.17) is 16.3 Å². The lowest BCUT2D eigenvalue weighted by Gasteiger charge is -2.04. The summed E-state index contributed by atoms with van der Waals surface area (Å²) < 4.78 is 5.13. The fraction of sp³-hybridized carbons (Fsp3) is 0.0588. The van der Waals surface area contributed by atoms with Crippen LogP contribution >= 0.6 is 11.6 Å². The number of benzene rings is 2. The first-order valence-electron chi connectivity index (χ1n) is 7.27. The number of nitrogens with zero attached hydrogens (tertiary/aromatic N) is 4. The van der Waals surface area contributed by atoms with Crippen LogP contribution in [0, 0.1) is 0 Å². The third kappa shape index (κ3) is 4.21. The van der Waals surface area contributed by atoms with Crippen molar-refractivity contribution >= 4 is 23.8 Å². The number of aromatic nitrogens is 3. The second kappa shape index (κ2) is 7.59. The summed E-state index contributed by atoms with van der Waals surface area (Å²) in [5.41, 5.74) is 4.66. The van der Waals surface area contributed by atoms with Gasteiger partial charge in [-0.25, -0.2) is 10.4 Å². The highest BCUT2D eigenvalue weighted by molar-refractivity contribution is 6.30. The molecule has 0 aliphatic heterocycles. The molecule has 2 aromatic carbocycles. The van der Waals surface area contributed by atoms with E-state index in [0.717, 1.165) is 11.3 Å². The Balaban J connectivity index is 1.75. The molecule has 25 heavy (non-hydrogen) atoms. The highest BCUT2D eigenvalue weighted by atomic mass is 35.5. The first-order chi connectivity index (χ1) is 12.2. The Labute approximate surface area is 149 Å². The Hall–Kier alpha value is -3.19. The van der Waals surface area contributed by atoms with E-state index < -0.39 is 0 Å². The molecule has 0 aliphatic rings. The molecule has 3 rings (SSSR count). The number of halogens is 1. The molecule has 0 spiro atoms. The zero-order valence-electron chi connectivity index (χ0n) is 13.2. The van der Waals surface area contributed by atoms with Crippen LogP contribution in [-0.4, -0.2) is 33.6 Å². The molecular weight excluding hydrogens is 342 g/mol. The second-order valence-electron chi connectivity index (χ2n) is 4.97. The Kier molecular flexibility index (Phi) is 5.06. The number of hydrogen-bond acceptors (Lipinski definition) is 7. The topological polar surface area (TPSA) is 92.5 Å². The van der Waals surface area contributed by atoms with Crippen LogP contribution in [0.25, 0.3) is 11.3 Å². The lowest BCUT2D eigenvalue weighted by atomic mass is 10.1. The van der Waals surface area contributed by atoms with Crippen molar-refractivity contribution in [3.8, 4) is 22.8 Å². The van der Waals surface area contributed by atoms with E-state index in [9.17, 15) is 5.11 Å².